The molecule has 0 aliphatic carbocycles. The molecule has 5 nitrogen and oxygen atoms in total. The molecule has 0 bridgehead atoms. The first kappa shape index (κ1) is 17.8. The van der Waals surface area contributed by atoms with Gasteiger partial charge >= 0.3 is 0 Å². The highest BCUT2D eigenvalue weighted by molar-refractivity contribution is 6.30. The standard InChI is InChI=1S/C17H25ClN4O/c1-3-21(4-2)10-6-5-9-19-17(23)11-15-13-22-12-14(18)7-8-16(22)20-15/h7-8,12-13H,3-6,9-11H2,1-2H3,(H,19,23). The third-order valence-corrected chi connectivity index (χ3v) is 4.15. The lowest BCUT2D eigenvalue weighted by atomic mass is 10.2. The molecular weight excluding hydrogens is 312 g/mol. The van der Waals surface area contributed by atoms with Gasteiger partial charge in [0.15, 0.2) is 0 Å². The lowest BCUT2D eigenvalue weighted by Crippen LogP contribution is -2.28. The zero-order chi connectivity index (χ0) is 16.7. The normalized spacial score (nSPS) is 11.3. The Labute approximate surface area is 142 Å². The minimum Gasteiger partial charge on any atom is -0.356 e. The molecule has 0 atom stereocenters. The molecule has 0 aliphatic rings. The van der Waals surface area contributed by atoms with Gasteiger partial charge in [-0.2, -0.15) is 0 Å². The Morgan fingerprint density at radius 1 is 1.26 bits per heavy atom. The van der Waals surface area contributed by atoms with E-state index >= 15 is 0 Å². The number of carbonyl (C=O) groups is 1. The van der Waals surface area contributed by atoms with Crippen molar-refractivity contribution < 1.29 is 4.79 Å². The van der Waals surface area contributed by atoms with Crippen molar-refractivity contribution in [1.82, 2.24) is 19.6 Å². The molecule has 126 valence electrons. The van der Waals surface area contributed by atoms with Crippen LogP contribution in [-0.4, -0.2) is 46.4 Å². The summed E-state index contributed by atoms with van der Waals surface area (Å²) in [6.07, 6.45) is 6.05. The Hall–Kier alpha value is -1.59. The SMILES string of the molecule is CCN(CC)CCCCNC(=O)Cc1cn2cc(Cl)ccc2n1. The maximum absolute atomic E-state index is 12.0. The smallest absolute Gasteiger partial charge is 0.226 e. The van der Waals surface area contributed by atoms with Crippen LogP contribution in [0, 0.1) is 0 Å². The monoisotopic (exact) mass is 336 g/mol. The molecule has 2 aromatic heterocycles. The van der Waals surface area contributed by atoms with Crippen LogP contribution >= 0.6 is 11.6 Å². The van der Waals surface area contributed by atoms with E-state index in [-0.39, 0.29) is 5.91 Å². The molecule has 1 N–H and O–H groups in total. The summed E-state index contributed by atoms with van der Waals surface area (Å²) in [5.41, 5.74) is 1.56. The van der Waals surface area contributed by atoms with Crippen molar-refractivity contribution in [2.24, 2.45) is 0 Å². The predicted octanol–water partition coefficient (Wildman–Crippen LogP) is 2.77. The highest BCUT2D eigenvalue weighted by atomic mass is 35.5. The molecule has 0 saturated heterocycles. The number of hydrogen-bond acceptors (Lipinski definition) is 3. The third-order valence-electron chi connectivity index (χ3n) is 3.92. The molecule has 6 heteroatoms. The Balaban J connectivity index is 1.71. The summed E-state index contributed by atoms with van der Waals surface area (Å²) < 4.78 is 1.84. The maximum atomic E-state index is 12.0. The number of nitrogens with zero attached hydrogens (tertiary/aromatic N) is 3. The van der Waals surface area contributed by atoms with Gasteiger partial charge < -0.3 is 14.6 Å². The lowest BCUT2D eigenvalue weighted by Gasteiger charge is -2.17. The van der Waals surface area contributed by atoms with E-state index in [0.717, 1.165) is 50.4 Å². The molecule has 2 heterocycles. The zero-order valence-corrected chi connectivity index (χ0v) is 14.6. The van der Waals surface area contributed by atoms with Crippen LogP contribution in [-0.2, 0) is 11.2 Å². The van der Waals surface area contributed by atoms with Crippen molar-refractivity contribution in [3.8, 4) is 0 Å². The van der Waals surface area contributed by atoms with Gasteiger partial charge in [0.1, 0.15) is 5.65 Å². The van der Waals surface area contributed by atoms with Crippen LogP contribution in [0.1, 0.15) is 32.4 Å². The first-order chi connectivity index (χ1) is 11.1. The van der Waals surface area contributed by atoms with Crippen LogP contribution in [0.4, 0.5) is 0 Å². The summed E-state index contributed by atoms with van der Waals surface area (Å²) in [5, 5.41) is 3.62. The van der Waals surface area contributed by atoms with Gasteiger partial charge in [0.2, 0.25) is 5.91 Å². The Morgan fingerprint density at radius 3 is 2.78 bits per heavy atom. The second-order valence-corrected chi connectivity index (χ2v) is 6.04. The molecule has 0 fully saturated rings. The average molecular weight is 337 g/mol. The second-order valence-electron chi connectivity index (χ2n) is 5.61. The maximum Gasteiger partial charge on any atom is 0.226 e. The van der Waals surface area contributed by atoms with Gasteiger partial charge in [0.05, 0.1) is 17.1 Å². The lowest BCUT2D eigenvalue weighted by molar-refractivity contribution is -0.120. The van der Waals surface area contributed by atoms with Crippen molar-refractivity contribution in [3.63, 3.8) is 0 Å². The number of halogens is 1. The molecule has 2 aromatic rings. The molecule has 0 spiro atoms. The number of fused-ring (bicyclic) bond motifs is 1. The number of rotatable bonds is 9. The van der Waals surface area contributed by atoms with Crippen molar-refractivity contribution in [1.29, 1.82) is 0 Å². The van der Waals surface area contributed by atoms with Crippen LogP contribution in [0.25, 0.3) is 5.65 Å². The van der Waals surface area contributed by atoms with Crippen molar-refractivity contribution in [3.05, 3.63) is 35.2 Å². The fourth-order valence-electron chi connectivity index (χ4n) is 2.56. The Kier molecular flexibility index (Phi) is 6.86. The van der Waals surface area contributed by atoms with Crippen molar-refractivity contribution in [2.75, 3.05) is 26.2 Å². The molecule has 1 amide bonds. The van der Waals surface area contributed by atoms with Gasteiger partial charge in [-0.25, -0.2) is 4.98 Å². The summed E-state index contributed by atoms with van der Waals surface area (Å²) in [4.78, 5) is 18.8. The van der Waals surface area contributed by atoms with Gasteiger partial charge in [-0.1, -0.05) is 25.4 Å². The molecular formula is C17H25ClN4O. The zero-order valence-electron chi connectivity index (χ0n) is 13.9. The summed E-state index contributed by atoms with van der Waals surface area (Å²) >= 11 is 5.94. The number of nitrogens with one attached hydrogen (secondary N) is 1. The Morgan fingerprint density at radius 2 is 2.04 bits per heavy atom. The molecule has 0 unspecified atom stereocenters. The minimum absolute atomic E-state index is 0.0161. The number of imidazole rings is 1. The van der Waals surface area contributed by atoms with E-state index in [1.54, 1.807) is 12.3 Å². The highest BCUT2D eigenvalue weighted by Crippen LogP contribution is 2.12. The number of amides is 1. The van der Waals surface area contributed by atoms with Crippen molar-refractivity contribution in [2.45, 2.75) is 33.1 Å². The van der Waals surface area contributed by atoms with Gasteiger partial charge in [0, 0.05) is 18.9 Å². The third kappa shape index (κ3) is 5.52. The highest BCUT2D eigenvalue weighted by Gasteiger charge is 2.07. The van der Waals surface area contributed by atoms with Crippen LogP contribution < -0.4 is 5.32 Å². The molecule has 0 aromatic carbocycles. The summed E-state index contributed by atoms with van der Waals surface area (Å²) in [6.45, 7) is 8.33. The molecule has 0 saturated carbocycles. The largest absolute Gasteiger partial charge is 0.356 e. The quantitative estimate of drug-likeness (QED) is 0.716. The van der Waals surface area contributed by atoms with E-state index in [1.165, 1.54) is 0 Å². The Bertz CT molecular complexity index is 637. The van der Waals surface area contributed by atoms with E-state index in [2.05, 4.69) is 29.0 Å². The van der Waals surface area contributed by atoms with Crippen molar-refractivity contribution >= 4 is 23.2 Å². The summed E-state index contributed by atoms with van der Waals surface area (Å²) in [5.74, 6) is 0.0161. The second kappa shape index (κ2) is 8.89. The molecule has 23 heavy (non-hydrogen) atoms. The topological polar surface area (TPSA) is 49.6 Å². The van der Waals surface area contributed by atoms with Crippen LogP contribution in [0.5, 0.6) is 0 Å². The van der Waals surface area contributed by atoms with Gasteiger partial charge in [-0.15, -0.1) is 0 Å². The van der Waals surface area contributed by atoms with Gasteiger partial charge in [-0.05, 0) is 44.6 Å². The number of pyridine rings is 1. The first-order valence-corrected chi connectivity index (χ1v) is 8.62. The number of carbonyl (C=O) groups excluding carboxylic acids is 1. The first-order valence-electron chi connectivity index (χ1n) is 8.24. The van der Waals surface area contributed by atoms with E-state index in [1.807, 2.05) is 16.7 Å². The van der Waals surface area contributed by atoms with Crippen LogP contribution in [0.15, 0.2) is 24.5 Å². The van der Waals surface area contributed by atoms with Gasteiger partial charge in [-0.3, -0.25) is 4.79 Å². The fourth-order valence-corrected chi connectivity index (χ4v) is 2.73. The summed E-state index contributed by atoms with van der Waals surface area (Å²) in [7, 11) is 0. The van der Waals surface area contributed by atoms with E-state index in [0.29, 0.717) is 11.4 Å². The minimum atomic E-state index is 0.0161. The predicted molar refractivity (Wildman–Crippen MR) is 93.9 cm³/mol. The van der Waals surface area contributed by atoms with Gasteiger partial charge in [0.25, 0.3) is 0 Å². The summed E-state index contributed by atoms with van der Waals surface area (Å²) in [6, 6.07) is 3.64. The van der Waals surface area contributed by atoms with E-state index in [4.69, 9.17) is 11.6 Å². The number of hydrogen-bond donors (Lipinski definition) is 1. The van der Waals surface area contributed by atoms with E-state index in [9.17, 15) is 4.79 Å². The van der Waals surface area contributed by atoms with Crippen LogP contribution in [0.3, 0.4) is 0 Å². The van der Waals surface area contributed by atoms with E-state index < -0.39 is 0 Å². The molecule has 0 radical (unpaired) electrons. The molecule has 2 rings (SSSR count). The number of aromatic nitrogens is 2. The number of unbranched alkanes of at least 4 members (excludes halogenated alkanes) is 1. The fraction of sp³-hybridized carbons (Fsp3) is 0.529. The average Bonchev–Trinajstić information content (AvgIpc) is 2.92. The van der Waals surface area contributed by atoms with Crippen LogP contribution in [0.2, 0.25) is 5.02 Å². The molecule has 0 aliphatic heterocycles.